The molecule has 0 fully saturated rings. The molecule has 3 aromatic heterocycles. The number of benzene rings is 8. The Bertz CT molecular complexity index is 3600. The molecule has 0 atom stereocenters. The molecule has 69 heavy (non-hydrogen) atoms. The molecule has 4 heterocycles. The molecule has 12 rings (SSSR count). The van der Waals surface area contributed by atoms with E-state index in [2.05, 4.69) is 261 Å². The van der Waals surface area contributed by atoms with Crippen LogP contribution in [-0.4, -0.2) is 14.1 Å². The molecule has 6 nitrogen and oxygen atoms in total. The first-order valence-corrected chi connectivity index (χ1v) is 23.4. The average molecular weight is 1080 g/mol. The molecule has 0 saturated heterocycles. The molecule has 7 heteroatoms. The number of aromatic nitrogens is 3. The van der Waals surface area contributed by atoms with Crippen LogP contribution in [0.2, 0.25) is 0 Å². The summed E-state index contributed by atoms with van der Waals surface area (Å²) in [5.41, 5.74) is 16.0. The van der Waals surface area contributed by atoms with E-state index in [1.807, 2.05) is 6.20 Å². The Morgan fingerprint density at radius 1 is 0.493 bits per heavy atom. The number of para-hydroxylation sites is 4. The number of ether oxygens (including phenoxy) is 1. The van der Waals surface area contributed by atoms with Crippen molar-refractivity contribution in [2.45, 2.75) is 52.4 Å². The molecule has 0 spiro atoms. The van der Waals surface area contributed by atoms with Crippen LogP contribution in [0.25, 0.3) is 66.6 Å². The first-order chi connectivity index (χ1) is 33.0. The second-order valence-electron chi connectivity index (χ2n) is 19.8. The van der Waals surface area contributed by atoms with Crippen molar-refractivity contribution in [1.82, 2.24) is 14.1 Å². The van der Waals surface area contributed by atoms with E-state index in [0.29, 0.717) is 11.5 Å². The summed E-state index contributed by atoms with van der Waals surface area (Å²) < 4.78 is 11.7. The number of fused-ring (bicyclic) bond motifs is 1. The minimum absolute atomic E-state index is 0. The van der Waals surface area contributed by atoms with Gasteiger partial charge in [0.05, 0.1) is 0 Å². The minimum atomic E-state index is -0.210. The van der Waals surface area contributed by atoms with E-state index in [0.717, 1.165) is 89.5 Å². The molecule has 8 aromatic carbocycles. The second-order valence-corrected chi connectivity index (χ2v) is 19.8. The van der Waals surface area contributed by atoms with Gasteiger partial charge in [0.15, 0.2) is 0 Å². The summed E-state index contributed by atoms with van der Waals surface area (Å²) in [6.45, 7) is 15.7. The summed E-state index contributed by atoms with van der Waals surface area (Å²) in [7, 11) is 0. The molecule has 1 aliphatic heterocycles. The third-order valence-electron chi connectivity index (χ3n) is 13.3. The van der Waals surface area contributed by atoms with Gasteiger partial charge in [0.1, 0.15) is 5.82 Å². The standard InChI is InChI=1S/C62H50N5O.Pt/c1-61(2,3)43-32-33-63-57(36-43)67-54-31-19-30-53-58(54)59-55(66(53)45-24-14-9-15-25-45)38-48(39-56(59)67)68-47-35-44(62(4,5)6)34-46(37-47)64-40-65(52-29-17-16-28-51(52)64)60-49(41-20-10-7-11-21-41)26-18-27-50(60)42-22-12-8-13-23-42;/h7-36,38,40H,1-6H3;/q-3;. The van der Waals surface area contributed by atoms with Crippen LogP contribution in [0, 0.1) is 18.8 Å². The van der Waals surface area contributed by atoms with Crippen LogP contribution in [0.5, 0.6) is 11.5 Å². The molecule has 0 N–H and O–H groups in total. The number of rotatable bonds is 8. The molecule has 0 bridgehead atoms. The Labute approximate surface area is 418 Å². The van der Waals surface area contributed by atoms with Crippen molar-refractivity contribution in [2.24, 2.45) is 0 Å². The number of nitrogens with zero attached hydrogens (tertiary/aromatic N) is 5. The van der Waals surface area contributed by atoms with Crippen LogP contribution in [0.1, 0.15) is 52.7 Å². The van der Waals surface area contributed by atoms with E-state index in [-0.39, 0.29) is 31.9 Å². The Hall–Kier alpha value is -7.40. The van der Waals surface area contributed by atoms with Crippen molar-refractivity contribution in [1.29, 1.82) is 0 Å². The Morgan fingerprint density at radius 3 is 1.70 bits per heavy atom. The van der Waals surface area contributed by atoms with Gasteiger partial charge in [0.2, 0.25) is 0 Å². The maximum absolute atomic E-state index is 7.13. The molecule has 342 valence electrons. The van der Waals surface area contributed by atoms with Crippen molar-refractivity contribution < 1.29 is 25.8 Å². The average Bonchev–Trinajstić information content (AvgIpc) is 4.02. The first kappa shape index (κ1) is 44.1. The van der Waals surface area contributed by atoms with Crippen LogP contribution in [0.15, 0.2) is 188 Å². The van der Waals surface area contributed by atoms with E-state index in [1.165, 1.54) is 10.9 Å². The van der Waals surface area contributed by atoms with Crippen molar-refractivity contribution in [3.8, 4) is 45.3 Å². The Morgan fingerprint density at radius 2 is 1.06 bits per heavy atom. The van der Waals surface area contributed by atoms with Crippen LogP contribution >= 0.6 is 0 Å². The van der Waals surface area contributed by atoms with Gasteiger partial charge in [-0.2, -0.15) is 0 Å². The summed E-state index contributed by atoms with van der Waals surface area (Å²) in [6.07, 6.45) is 1.92. The maximum atomic E-state index is 7.13. The minimum Gasteiger partial charge on any atom is -0.509 e. The van der Waals surface area contributed by atoms with E-state index < -0.39 is 0 Å². The summed E-state index contributed by atoms with van der Waals surface area (Å²) in [6, 6.07) is 72.1. The van der Waals surface area contributed by atoms with Crippen LogP contribution < -0.4 is 14.5 Å². The molecule has 0 saturated carbocycles. The van der Waals surface area contributed by atoms with Crippen LogP contribution in [0.4, 0.5) is 22.7 Å². The normalized spacial score (nSPS) is 12.8. The van der Waals surface area contributed by atoms with Crippen LogP contribution in [-0.2, 0) is 31.9 Å². The fraction of sp³-hybridized carbons (Fsp3) is 0.129. The third-order valence-corrected chi connectivity index (χ3v) is 13.3. The van der Waals surface area contributed by atoms with E-state index in [9.17, 15) is 0 Å². The zero-order valence-corrected chi connectivity index (χ0v) is 41.7. The summed E-state index contributed by atoms with van der Waals surface area (Å²) in [4.78, 5) is 9.59. The predicted octanol–water partition coefficient (Wildman–Crippen LogP) is 16.3. The number of hydrogen-bond donors (Lipinski definition) is 0. The first-order valence-electron chi connectivity index (χ1n) is 23.4. The summed E-state index contributed by atoms with van der Waals surface area (Å²) >= 11 is 0. The van der Waals surface area contributed by atoms with E-state index in [4.69, 9.17) is 9.72 Å². The van der Waals surface area contributed by atoms with Crippen molar-refractivity contribution in [3.05, 3.63) is 218 Å². The summed E-state index contributed by atoms with van der Waals surface area (Å²) in [5, 5.41) is 2.30. The van der Waals surface area contributed by atoms with E-state index >= 15 is 0 Å². The van der Waals surface area contributed by atoms with Crippen molar-refractivity contribution >= 4 is 55.6 Å². The van der Waals surface area contributed by atoms with E-state index in [1.54, 1.807) is 0 Å². The number of pyridine rings is 1. The van der Waals surface area contributed by atoms with Gasteiger partial charge in [0.25, 0.3) is 0 Å². The van der Waals surface area contributed by atoms with Crippen molar-refractivity contribution in [2.75, 3.05) is 9.80 Å². The quantitative estimate of drug-likeness (QED) is 0.142. The van der Waals surface area contributed by atoms with Gasteiger partial charge in [-0.15, -0.1) is 48.3 Å². The Kier molecular flexibility index (Phi) is 10.9. The topological polar surface area (TPSA) is 38.5 Å². The smallest absolute Gasteiger partial charge is 0.135 e. The van der Waals surface area contributed by atoms with Gasteiger partial charge < -0.3 is 23.7 Å². The Balaban J connectivity index is 0.00000520. The zero-order valence-electron chi connectivity index (χ0n) is 39.4. The predicted molar refractivity (Wildman–Crippen MR) is 281 cm³/mol. The zero-order chi connectivity index (χ0) is 46.3. The number of hydrogen-bond acceptors (Lipinski definition) is 4. The summed E-state index contributed by atoms with van der Waals surface area (Å²) in [5.74, 6) is 2.04. The van der Waals surface area contributed by atoms with Gasteiger partial charge in [-0.1, -0.05) is 168 Å². The molecule has 0 radical (unpaired) electrons. The maximum Gasteiger partial charge on any atom is 0.135 e. The van der Waals surface area contributed by atoms with Gasteiger partial charge in [-0.05, 0) is 87.0 Å². The third kappa shape index (κ3) is 7.59. The monoisotopic (exact) mass is 1080 g/mol. The molecule has 1 aliphatic rings. The molecule has 11 aromatic rings. The molecular formula is C62H50N5OPt-3. The fourth-order valence-electron chi connectivity index (χ4n) is 9.94. The van der Waals surface area contributed by atoms with Crippen LogP contribution in [0.3, 0.4) is 0 Å². The van der Waals surface area contributed by atoms with Gasteiger partial charge in [0, 0.05) is 83.7 Å². The number of anilines is 4. The molecule has 0 aliphatic carbocycles. The second kappa shape index (κ2) is 17.0. The van der Waals surface area contributed by atoms with Gasteiger partial charge in [-0.3, -0.25) is 0 Å². The van der Waals surface area contributed by atoms with Gasteiger partial charge >= 0.3 is 0 Å². The largest absolute Gasteiger partial charge is 0.509 e. The molecule has 0 amide bonds. The van der Waals surface area contributed by atoms with Crippen molar-refractivity contribution in [3.63, 3.8) is 0 Å². The van der Waals surface area contributed by atoms with Gasteiger partial charge in [-0.25, -0.2) is 4.98 Å². The molecule has 0 unspecified atom stereocenters. The fourth-order valence-corrected chi connectivity index (χ4v) is 9.94. The SMILES string of the molecule is CC(C)(C)c1cc(Oc2[c-]c3c4c5c(cccc5n(-c5ccccc5)c4c2)n3-c2cc(C(C)(C)C)ccn2)[c-]c(N2[CH-]N(c3c(-c4ccccc4)cccc3-c3ccccc3)c3ccccc32)c1.[Pt]. The molecular weight excluding hydrogens is 1030 g/mol.